The first-order valence-electron chi connectivity index (χ1n) is 5.29. The summed E-state index contributed by atoms with van der Waals surface area (Å²) >= 11 is 9.03. The number of hydrogen-bond donors (Lipinski definition) is 1. The molecule has 0 unspecified atom stereocenters. The highest BCUT2D eigenvalue weighted by molar-refractivity contribution is 9.10. The smallest absolute Gasteiger partial charge is 0.251 e. The lowest BCUT2D eigenvalue weighted by molar-refractivity contribution is 0.0956. The summed E-state index contributed by atoms with van der Waals surface area (Å²) in [6.45, 7) is 1.68. The van der Waals surface area contributed by atoms with Gasteiger partial charge in [-0.05, 0) is 34.1 Å². The Morgan fingerprint density at radius 3 is 2.67 bits per heavy atom. The van der Waals surface area contributed by atoms with Crippen molar-refractivity contribution in [2.75, 3.05) is 18.1 Å². The van der Waals surface area contributed by atoms with Crippen LogP contribution in [0.1, 0.15) is 17.3 Å². The topological polar surface area (TPSA) is 63.2 Å². The quantitative estimate of drug-likeness (QED) is 0.882. The lowest BCUT2D eigenvalue weighted by Crippen LogP contribution is -2.29. The van der Waals surface area contributed by atoms with Crippen molar-refractivity contribution in [1.82, 2.24) is 5.32 Å². The van der Waals surface area contributed by atoms with Crippen LogP contribution in [-0.2, 0) is 9.84 Å². The average molecular weight is 355 g/mol. The molecule has 0 saturated carbocycles. The van der Waals surface area contributed by atoms with Crippen molar-refractivity contribution in [2.24, 2.45) is 0 Å². The van der Waals surface area contributed by atoms with E-state index >= 15 is 0 Å². The van der Waals surface area contributed by atoms with E-state index in [0.29, 0.717) is 15.1 Å². The summed E-state index contributed by atoms with van der Waals surface area (Å²) in [5, 5.41) is 3.07. The minimum atomic E-state index is -3.06. The van der Waals surface area contributed by atoms with Gasteiger partial charge in [0.2, 0.25) is 0 Å². The Balaban J connectivity index is 2.58. The van der Waals surface area contributed by atoms with Gasteiger partial charge in [0.25, 0.3) is 5.91 Å². The summed E-state index contributed by atoms with van der Waals surface area (Å²) in [4.78, 5) is 11.7. The molecule has 0 aliphatic carbocycles. The third kappa shape index (κ3) is 4.59. The van der Waals surface area contributed by atoms with Crippen LogP contribution in [0, 0.1) is 0 Å². The van der Waals surface area contributed by atoms with Crippen LogP contribution in [0.3, 0.4) is 0 Å². The van der Waals surface area contributed by atoms with Crippen LogP contribution in [-0.4, -0.2) is 32.4 Å². The first-order chi connectivity index (χ1) is 8.35. The largest absolute Gasteiger partial charge is 0.351 e. The van der Waals surface area contributed by atoms with Gasteiger partial charge in [0.05, 0.1) is 10.8 Å². The molecule has 0 atom stereocenters. The van der Waals surface area contributed by atoms with E-state index in [0.717, 1.165) is 0 Å². The number of nitrogens with one attached hydrogen (secondary N) is 1. The lowest BCUT2D eigenvalue weighted by Gasteiger charge is -2.06. The molecule has 18 heavy (non-hydrogen) atoms. The number of carbonyl (C=O) groups is 1. The molecule has 0 fully saturated rings. The van der Waals surface area contributed by atoms with E-state index in [1.807, 2.05) is 0 Å². The van der Waals surface area contributed by atoms with Crippen LogP contribution in [0.5, 0.6) is 0 Å². The number of carbonyl (C=O) groups excluding carboxylic acids is 1. The SMILES string of the molecule is CCS(=O)(=O)CCNC(=O)c1ccc(Cl)c(Br)c1. The molecular weight excluding hydrogens is 342 g/mol. The van der Waals surface area contributed by atoms with E-state index in [4.69, 9.17) is 11.6 Å². The minimum Gasteiger partial charge on any atom is -0.351 e. The molecule has 7 heteroatoms. The Morgan fingerprint density at radius 2 is 2.11 bits per heavy atom. The second-order valence-electron chi connectivity index (χ2n) is 3.62. The summed E-state index contributed by atoms with van der Waals surface area (Å²) in [5.74, 6) is -0.294. The number of halogens is 2. The summed E-state index contributed by atoms with van der Waals surface area (Å²) in [7, 11) is -3.06. The van der Waals surface area contributed by atoms with Gasteiger partial charge in [-0.15, -0.1) is 0 Å². The van der Waals surface area contributed by atoms with Gasteiger partial charge in [0, 0.05) is 22.3 Å². The molecule has 0 aliphatic heterocycles. The summed E-state index contributed by atoms with van der Waals surface area (Å²) < 4.78 is 23.1. The average Bonchev–Trinajstić information content (AvgIpc) is 2.32. The molecule has 100 valence electrons. The Bertz CT molecular complexity index is 545. The predicted molar refractivity (Wildman–Crippen MR) is 75.8 cm³/mol. The van der Waals surface area contributed by atoms with E-state index in [-0.39, 0.29) is 24.0 Å². The van der Waals surface area contributed by atoms with Crippen molar-refractivity contribution in [1.29, 1.82) is 0 Å². The Hall–Kier alpha value is -0.590. The molecule has 0 aliphatic rings. The summed E-state index contributed by atoms with van der Waals surface area (Å²) in [6.07, 6.45) is 0. The van der Waals surface area contributed by atoms with Crippen molar-refractivity contribution >= 4 is 43.3 Å². The maximum Gasteiger partial charge on any atom is 0.251 e. The van der Waals surface area contributed by atoms with Gasteiger partial charge >= 0.3 is 0 Å². The lowest BCUT2D eigenvalue weighted by atomic mass is 10.2. The number of amides is 1. The molecule has 0 spiro atoms. The summed E-state index contributed by atoms with van der Waals surface area (Å²) in [5.41, 5.74) is 0.431. The van der Waals surface area contributed by atoms with E-state index < -0.39 is 9.84 Å². The molecule has 1 amide bonds. The molecule has 0 radical (unpaired) electrons. The van der Waals surface area contributed by atoms with Crippen LogP contribution < -0.4 is 5.32 Å². The molecule has 1 rings (SSSR count). The minimum absolute atomic E-state index is 0.0516. The van der Waals surface area contributed by atoms with Crippen molar-refractivity contribution in [3.05, 3.63) is 33.3 Å². The molecule has 0 aromatic heterocycles. The molecular formula is C11H13BrClNO3S. The normalized spacial score (nSPS) is 11.3. The molecule has 0 bridgehead atoms. The number of benzene rings is 1. The fraction of sp³-hybridized carbons (Fsp3) is 0.364. The van der Waals surface area contributed by atoms with Crippen LogP contribution in [0.4, 0.5) is 0 Å². The van der Waals surface area contributed by atoms with Crippen molar-refractivity contribution in [2.45, 2.75) is 6.92 Å². The fourth-order valence-corrected chi connectivity index (χ4v) is 2.40. The van der Waals surface area contributed by atoms with E-state index in [2.05, 4.69) is 21.2 Å². The summed E-state index contributed by atoms with van der Waals surface area (Å²) in [6, 6.07) is 4.77. The van der Waals surface area contributed by atoms with Gasteiger partial charge in [-0.2, -0.15) is 0 Å². The van der Waals surface area contributed by atoms with E-state index in [1.54, 1.807) is 25.1 Å². The van der Waals surface area contributed by atoms with Crippen molar-refractivity contribution in [3.63, 3.8) is 0 Å². The Morgan fingerprint density at radius 1 is 1.44 bits per heavy atom. The maximum atomic E-state index is 11.7. The van der Waals surface area contributed by atoms with Crippen molar-refractivity contribution in [3.8, 4) is 0 Å². The Kier molecular flexibility index (Phi) is 5.62. The first kappa shape index (κ1) is 15.5. The number of sulfone groups is 1. The molecule has 1 aromatic carbocycles. The van der Waals surface area contributed by atoms with Crippen LogP contribution >= 0.6 is 27.5 Å². The zero-order chi connectivity index (χ0) is 13.8. The Labute approximate surface area is 120 Å². The van der Waals surface area contributed by atoms with Gasteiger partial charge in [-0.3, -0.25) is 4.79 Å². The number of rotatable bonds is 5. The monoisotopic (exact) mass is 353 g/mol. The zero-order valence-corrected chi connectivity index (χ0v) is 12.9. The van der Waals surface area contributed by atoms with Gasteiger partial charge in [0.15, 0.2) is 9.84 Å². The molecule has 1 N–H and O–H groups in total. The third-order valence-electron chi connectivity index (χ3n) is 2.32. The fourth-order valence-electron chi connectivity index (χ4n) is 1.20. The standard InChI is InChI=1S/C11H13BrClNO3S/c1-2-18(16,17)6-5-14-11(15)8-3-4-10(13)9(12)7-8/h3-4,7H,2,5-6H2,1H3,(H,14,15). The van der Waals surface area contributed by atoms with E-state index in [1.165, 1.54) is 0 Å². The zero-order valence-electron chi connectivity index (χ0n) is 9.74. The molecule has 1 aromatic rings. The van der Waals surface area contributed by atoms with E-state index in [9.17, 15) is 13.2 Å². The van der Waals surface area contributed by atoms with Crippen LogP contribution in [0.15, 0.2) is 22.7 Å². The highest BCUT2D eigenvalue weighted by Gasteiger charge is 2.10. The first-order valence-corrected chi connectivity index (χ1v) is 8.28. The highest BCUT2D eigenvalue weighted by atomic mass is 79.9. The van der Waals surface area contributed by atoms with Crippen molar-refractivity contribution < 1.29 is 13.2 Å². The van der Waals surface area contributed by atoms with Crippen LogP contribution in [0.2, 0.25) is 5.02 Å². The molecule has 0 heterocycles. The molecule has 4 nitrogen and oxygen atoms in total. The predicted octanol–water partition coefficient (Wildman–Crippen LogP) is 2.27. The van der Waals surface area contributed by atoms with Gasteiger partial charge in [-0.1, -0.05) is 18.5 Å². The second-order valence-corrected chi connectivity index (χ2v) is 7.36. The second kappa shape index (κ2) is 6.54. The maximum absolute atomic E-state index is 11.7. The van der Waals surface area contributed by atoms with Gasteiger partial charge in [0.1, 0.15) is 0 Å². The third-order valence-corrected chi connectivity index (χ3v) is 5.24. The number of hydrogen-bond acceptors (Lipinski definition) is 3. The molecule has 0 saturated heterocycles. The van der Waals surface area contributed by atoms with Crippen LogP contribution in [0.25, 0.3) is 0 Å². The van der Waals surface area contributed by atoms with Gasteiger partial charge < -0.3 is 5.32 Å². The van der Waals surface area contributed by atoms with Gasteiger partial charge in [-0.25, -0.2) is 8.42 Å². The highest BCUT2D eigenvalue weighted by Crippen LogP contribution is 2.23.